The summed E-state index contributed by atoms with van der Waals surface area (Å²) >= 11 is 0. The van der Waals surface area contributed by atoms with Gasteiger partial charge in [0.2, 0.25) is 0 Å². The van der Waals surface area contributed by atoms with Crippen molar-refractivity contribution in [3.05, 3.63) is 29.6 Å². The number of hydrogen-bond donors (Lipinski definition) is 2. The van der Waals surface area contributed by atoms with Crippen LogP contribution in [0.4, 0.5) is 4.39 Å². The van der Waals surface area contributed by atoms with E-state index in [0.717, 1.165) is 0 Å². The summed E-state index contributed by atoms with van der Waals surface area (Å²) in [7, 11) is 1.40. The van der Waals surface area contributed by atoms with Crippen LogP contribution in [0.25, 0.3) is 0 Å². The third kappa shape index (κ3) is 2.67. The van der Waals surface area contributed by atoms with Crippen molar-refractivity contribution in [1.29, 1.82) is 0 Å². The van der Waals surface area contributed by atoms with E-state index in [4.69, 9.17) is 10.5 Å². The van der Waals surface area contributed by atoms with Gasteiger partial charge in [-0.05, 0) is 24.1 Å². The van der Waals surface area contributed by atoms with Crippen LogP contribution in [-0.2, 0) is 0 Å². The molecular weight excluding hydrogens is 197 g/mol. The van der Waals surface area contributed by atoms with Crippen LogP contribution in [0.2, 0.25) is 0 Å². The molecule has 0 radical (unpaired) electrons. The van der Waals surface area contributed by atoms with Crippen LogP contribution in [0.15, 0.2) is 18.2 Å². The Kier molecular flexibility index (Phi) is 4.05. The molecule has 0 saturated heterocycles. The van der Waals surface area contributed by atoms with Crippen molar-refractivity contribution in [3.63, 3.8) is 0 Å². The van der Waals surface area contributed by atoms with Crippen LogP contribution < -0.4 is 10.5 Å². The van der Waals surface area contributed by atoms with E-state index in [1.165, 1.54) is 19.2 Å². The van der Waals surface area contributed by atoms with Gasteiger partial charge in [0.05, 0.1) is 19.3 Å². The first-order chi connectivity index (χ1) is 7.10. The SMILES string of the molecule is CC[C@H](O)[C@H](N)c1ccc(OC)c(F)c1. The van der Waals surface area contributed by atoms with Gasteiger partial charge in [0.15, 0.2) is 11.6 Å². The fourth-order valence-corrected chi connectivity index (χ4v) is 1.37. The van der Waals surface area contributed by atoms with Gasteiger partial charge in [0.25, 0.3) is 0 Å². The van der Waals surface area contributed by atoms with Gasteiger partial charge in [-0.1, -0.05) is 13.0 Å². The predicted molar refractivity (Wildman–Crippen MR) is 56.2 cm³/mol. The van der Waals surface area contributed by atoms with E-state index < -0.39 is 18.0 Å². The average Bonchev–Trinajstić information content (AvgIpc) is 2.26. The molecule has 0 unspecified atom stereocenters. The standard InChI is InChI=1S/C11H16FNO2/c1-3-9(14)11(13)7-4-5-10(15-2)8(12)6-7/h4-6,9,11,14H,3,13H2,1-2H3/t9-,11+/m0/s1. The fraction of sp³-hybridized carbons (Fsp3) is 0.455. The normalized spacial score (nSPS) is 14.7. The van der Waals surface area contributed by atoms with Crippen molar-refractivity contribution in [2.24, 2.45) is 5.73 Å². The lowest BCUT2D eigenvalue weighted by Gasteiger charge is -2.18. The lowest BCUT2D eigenvalue weighted by atomic mass is 10.0. The summed E-state index contributed by atoms with van der Waals surface area (Å²) in [5, 5.41) is 9.52. The summed E-state index contributed by atoms with van der Waals surface area (Å²) in [6.45, 7) is 1.82. The molecule has 0 fully saturated rings. The molecule has 0 saturated carbocycles. The quantitative estimate of drug-likeness (QED) is 0.798. The summed E-state index contributed by atoms with van der Waals surface area (Å²) in [6, 6.07) is 3.90. The summed E-state index contributed by atoms with van der Waals surface area (Å²) in [6.07, 6.45) is -0.118. The predicted octanol–water partition coefficient (Wildman–Crippen LogP) is 1.61. The number of methoxy groups -OCH3 is 1. The Hall–Kier alpha value is -1.13. The molecule has 3 nitrogen and oxygen atoms in total. The van der Waals surface area contributed by atoms with Gasteiger partial charge in [0, 0.05) is 0 Å². The maximum absolute atomic E-state index is 13.3. The summed E-state index contributed by atoms with van der Waals surface area (Å²) in [5.74, 6) is -0.286. The molecule has 1 rings (SSSR count). The van der Waals surface area contributed by atoms with Crippen molar-refractivity contribution in [2.45, 2.75) is 25.5 Å². The Morgan fingerprint density at radius 2 is 2.20 bits per heavy atom. The van der Waals surface area contributed by atoms with E-state index >= 15 is 0 Å². The molecule has 2 atom stereocenters. The topological polar surface area (TPSA) is 55.5 Å². The van der Waals surface area contributed by atoms with E-state index in [1.54, 1.807) is 6.07 Å². The van der Waals surface area contributed by atoms with Crippen LogP contribution in [0.1, 0.15) is 24.9 Å². The molecule has 0 aliphatic rings. The van der Waals surface area contributed by atoms with Gasteiger partial charge >= 0.3 is 0 Å². The smallest absolute Gasteiger partial charge is 0.165 e. The van der Waals surface area contributed by atoms with Gasteiger partial charge < -0.3 is 15.6 Å². The summed E-state index contributed by atoms with van der Waals surface area (Å²) in [4.78, 5) is 0. The minimum atomic E-state index is -0.655. The number of ether oxygens (including phenoxy) is 1. The van der Waals surface area contributed by atoms with Crippen molar-refractivity contribution in [1.82, 2.24) is 0 Å². The van der Waals surface area contributed by atoms with E-state index in [2.05, 4.69) is 0 Å². The number of aliphatic hydroxyl groups excluding tert-OH is 1. The second-order valence-electron chi connectivity index (χ2n) is 3.40. The lowest BCUT2D eigenvalue weighted by molar-refractivity contribution is 0.140. The van der Waals surface area contributed by atoms with Crippen molar-refractivity contribution in [2.75, 3.05) is 7.11 Å². The highest BCUT2D eigenvalue weighted by molar-refractivity contribution is 5.31. The minimum absolute atomic E-state index is 0.178. The second-order valence-corrected chi connectivity index (χ2v) is 3.40. The zero-order valence-electron chi connectivity index (χ0n) is 8.90. The first-order valence-corrected chi connectivity index (χ1v) is 4.87. The summed E-state index contributed by atoms with van der Waals surface area (Å²) in [5.41, 5.74) is 6.32. The monoisotopic (exact) mass is 213 g/mol. The van der Waals surface area contributed by atoms with E-state index in [9.17, 15) is 9.50 Å². The van der Waals surface area contributed by atoms with Gasteiger partial charge in [-0.25, -0.2) is 4.39 Å². The van der Waals surface area contributed by atoms with E-state index in [0.29, 0.717) is 12.0 Å². The van der Waals surface area contributed by atoms with Crippen molar-refractivity contribution < 1.29 is 14.2 Å². The molecule has 0 bridgehead atoms. The Balaban J connectivity index is 2.92. The molecular formula is C11H16FNO2. The Labute approximate surface area is 88.7 Å². The fourth-order valence-electron chi connectivity index (χ4n) is 1.37. The third-order valence-electron chi connectivity index (χ3n) is 2.39. The maximum atomic E-state index is 13.3. The van der Waals surface area contributed by atoms with Gasteiger partial charge in [-0.2, -0.15) is 0 Å². The molecule has 0 spiro atoms. The molecule has 0 aliphatic heterocycles. The molecule has 15 heavy (non-hydrogen) atoms. The van der Waals surface area contributed by atoms with Gasteiger partial charge in [-0.3, -0.25) is 0 Å². The molecule has 3 N–H and O–H groups in total. The molecule has 84 valence electrons. The number of benzene rings is 1. The minimum Gasteiger partial charge on any atom is -0.494 e. The highest BCUT2D eigenvalue weighted by Crippen LogP contribution is 2.23. The third-order valence-corrected chi connectivity index (χ3v) is 2.39. The van der Waals surface area contributed by atoms with Crippen LogP contribution in [0.3, 0.4) is 0 Å². The van der Waals surface area contributed by atoms with Crippen LogP contribution >= 0.6 is 0 Å². The highest BCUT2D eigenvalue weighted by atomic mass is 19.1. The van der Waals surface area contributed by atoms with Crippen molar-refractivity contribution >= 4 is 0 Å². The van der Waals surface area contributed by atoms with E-state index in [1.807, 2.05) is 6.92 Å². The Bertz CT molecular complexity index is 330. The lowest BCUT2D eigenvalue weighted by Crippen LogP contribution is -2.25. The molecule has 0 aromatic heterocycles. The molecule has 0 aliphatic carbocycles. The highest BCUT2D eigenvalue weighted by Gasteiger charge is 2.16. The number of aliphatic hydroxyl groups is 1. The molecule has 1 aromatic rings. The molecule has 0 amide bonds. The van der Waals surface area contributed by atoms with Gasteiger partial charge in [0.1, 0.15) is 0 Å². The van der Waals surface area contributed by atoms with E-state index in [-0.39, 0.29) is 5.75 Å². The zero-order chi connectivity index (χ0) is 11.4. The second kappa shape index (κ2) is 5.09. The van der Waals surface area contributed by atoms with Crippen LogP contribution in [0, 0.1) is 5.82 Å². The number of nitrogens with two attached hydrogens (primary N) is 1. The Morgan fingerprint density at radius 1 is 1.53 bits per heavy atom. The number of hydrogen-bond acceptors (Lipinski definition) is 3. The Morgan fingerprint density at radius 3 is 2.67 bits per heavy atom. The van der Waals surface area contributed by atoms with Crippen LogP contribution in [0.5, 0.6) is 5.75 Å². The summed E-state index contributed by atoms with van der Waals surface area (Å²) < 4.78 is 18.1. The van der Waals surface area contributed by atoms with Gasteiger partial charge in [-0.15, -0.1) is 0 Å². The molecule has 0 heterocycles. The molecule has 1 aromatic carbocycles. The number of halogens is 1. The first kappa shape index (κ1) is 11.9. The zero-order valence-corrected chi connectivity index (χ0v) is 8.90. The number of rotatable bonds is 4. The molecule has 4 heteroatoms. The van der Waals surface area contributed by atoms with Crippen LogP contribution in [-0.4, -0.2) is 18.3 Å². The average molecular weight is 213 g/mol. The van der Waals surface area contributed by atoms with Crippen molar-refractivity contribution in [3.8, 4) is 5.75 Å². The maximum Gasteiger partial charge on any atom is 0.165 e. The first-order valence-electron chi connectivity index (χ1n) is 4.87. The largest absolute Gasteiger partial charge is 0.494 e.